The van der Waals surface area contributed by atoms with E-state index in [4.69, 9.17) is 4.74 Å². The molecule has 7 heteroatoms. The first-order valence-electron chi connectivity index (χ1n) is 7.34. The summed E-state index contributed by atoms with van der Waals surface area (Å²) in [5.74, 6) is 0.546. The van der Waals surface area contributed by atoms with Crippen LogP contribution in [0.2, 0.25) is 0 Å². The fourth-order valence-electron chi connectivity index (χ4n) is 1.95. The molecule has 0 spiro atoms. The highest BCUT2D eigenvalue weighted by atomic mass is 16.6. The molecule has 0 aliphatic rings. The summed E-state index contributed by atoms with van der Waals surface area (Å²) in [7, 11) is 0. The maximum Gasteiger partial charge on any atom is 0.373 e. The molecule has 1 aromatic carbocycles. The Hall–Kier alpha value is -2.70. The second-order valence-electron chi connectivity index (χ2n) is 6.11. The van der Waals surface area contributed by atoms with Crippen LogP contribution in [0.5, 0.6) is 11.6 Å². The minimum atomic E-state index is -0.538. The van der Waals surface area contributed by atoms with Crippen LogP contribution in [0.3, 0.4) is 0 Å². The molecule has 0 atom stereocenters. The first-order valence-corrected chi connectivity index (χ1v) is 7.34. The van der Waals surface area contributed by atoms with Gasteiger partial charge in [-0.1, -0.05) is 19.1 Å². The lowest BCUT2D eigenvalue weighted by molar-refractivity contribution is -0.385. The van der Waals surface area contributed by atoms with Gasteiger partial charge in [0.1, 0.15) is 12.1 Å². The zero-order chi connectivity index (χ0) is 17.0. The van der Waals surface area contributed by atoms with Crippen molar-refractivity contribution in [2.75, 3.05) is 5.32 Å². The Kier molecular flexibility index (Phi) is 4.78. The van der Waals surface area contributed by atoms with Gasteiger partial charge >= 0.3 is 11.6 Å². The number of nitrogens with one attached hydrogen (secondary N) is 1. The molecule has 2 rings (SSSR count). The van der Waals surface area contributed by atoms with Gasteiger partial charge in [-0.05, 0) is 44.9 Å². The zero-order valence-corrected chi connectivity index (χ0v) is 13.7. The topological polar surface area (TPSA) is 90.2 Å². The highest BCUT2D eigenvalue weighted by Gasteiger charge is 2.27. The van der Waals surface area contributed by atoms with Gasteiger partial charge in [0.05, 0.1) is 4.92 Å². The van der Waals surface area contributed by atoms with Gasteiger partial charge in [0.2, 0.25) is 5.82 Å². The first-order chi connectivity index (χ1) is 10.8. The first kappa shape index (κ1) is 16.7. The Bertz CT molecular complexity index is 693. The number of aromatic nitrogens is 2. The summed E-state index contributed by atoms with van der Waals surface area (Å²) in [6, 6.07) is 7.36. The predicted molar refractivity (Wildman–Crippen MR) is 88.0 cm³/mol. The molecule has 122 valence electrons. The molecule has 2 aromatic rings. The molecule has 0 unspecified atom stereocenters. The standard InChI is InChI=1S/C16H20N4O3/c1-5-11-6-8-12(9-7-11)23-15-13(20(21)22)14(17-10-18-15)19-16(2,3)4/h6-10H,5H2,1-4H3,(H,17,18,19). The average Bonchev–Trinajstić information content (AvgIpc) is 2.46. The third-order valence-electron chi connectivity index (χ3n) is 3.01. The number of hydrogen-bond donors (Lipinski definition) is 1. The van der Waals surface area contributed by atoms with E-state index >= 15 is 0 Å². The van der Waals surface area contributed by atoms with E-state index in [1.54, 1.807) is 12.1 Å². The number of ether oxygens (including phenoxy) is 1. The molecule has 0 saturated heterocycles. The quantitative estimate of drug-likeness (QED) is 0.663. The van der Waals surface area contributed by atoms with Crippen molar-refractivity contribution >= 4 is 11.5 Å². The van der Waals surface area contributed by atoms with Crippen LogP contribution in [0.1, 0.15) is 33.3 Å². The SMILES string of the molecule is CCc1ccc(Oc2ncnc(NC(C)(C)C)c2[N+](=O)[O-])cc1. The van der Waals surface area contributed by atoms with Crippen LogP contribution in [0, 0.1) is 10.1 Å². The van der Waals surface area contributed by atoms with Crippen LogP contribution in [0.4, 0.5) is 11.5 Å². The van der Waals surface area contributed by atoms with Gasteiger partial charge < -0.3 is 10.1 Å². The van der Waals surface area contributed by atoms with Crippen molar-refractivity contribution in [3.05, 3.63) is 46.3 Å². The number of rotatable bonds is 5. The highest BCUT2D eigenvalue weighted by Crippen LogP contribution is 2.35. The number of nitrogens with zero attached hydrogens (tertiary/aromatic N) is 3. The molecule has 1 aromatic heterocycles. The molecule has 0 aliphatic carbocycles. The normalized spacial score (nSPS) is 11.1. The molecule has 0 bridgehead atoms. The number of hydrogen-bond acceptors (Lipinski definition) is 6. The number of nitro groups is 1. The van der Waals surface area contributed by atoms with E-state index in [0.29, 0.717) is 5.75 Å². The van der Waals surface area contributed by atoms with Gasteiger partial charge in [0.25, 0.3) is 0 Å². The van der Waals surface area contributed by atoms with E-state index in [9.17, 15) is 10.1 Å². The molecule has 0 amide bonds. The van der Waals surface area contributed by atoms with Gasteiger partial charge in [-0.25, -0.2) is 4.98 Å². The van der Waals surface area contributed by atoms with Crippen molar-refractivity contribution in [3.63, 3.8) is 0 Å². The van der Waals surface area contributed by atoms with Crippen LogP contribution in [0.25, 0.3) is 0 Å². The average molecular weight is 316 g/mol. The monoisotopic (exact) mass is 316 g/mol. The lowest BCUT2D eigenvalue weighted by atomic mass is 10.1. The molecule has 23 heavy (non-hydrogen) atoms. The molecular weight excluding hydrogens is 296 g/mol. The van der Waals surface area contributed by atoms with Gasteiger partial charge in [-0.2, -0.15) is 4.98 Å². The summed E-state index contributed by atoms with van der Waals surface area (Å²) in [6.45, 7) is 7.73. The van der Waals surface area contributed by atoms with Crippen LogP contribution < -0.4 is 10.1 Å². The minimum Gasteiger partial charge on any atom is -0.434 e. The maximum absolute atomic E-state index is 11.4. The molecule has 1 N–H and O–H groups in total. The molecule has 0 aliphatic heterocycles. The summed E-state index contributed by atoms with van der Waals surface area (Å²) in [5, 5.41) is 14.4. The summed E-state index contributed by atoms with van der Waals surface area (Å²) in [4.78, 5) is 18.8. The Labute approximate surface area is 134 Å². The van der Waals surface area contributed by atoms with Crippen molar-refractivity contribution in [2.45, 2.75) is 39.7 Å². The third kappa shape index (κ3) is 4.38. The predicted octanol–water partition coefficient (Wildman–Crippen LogP) is 3.95. The van der Waals surface area contributed by atoms with Gasteiger partial charge in [-0.15, -0.1) is 0 Å². The molecule has 0 fully saturated rings. The zero-order valence-electron chi connectivity index (χ0n) is 13.7. The van der Waals surface area contributed by atoms with E-state index in [0.717, 1.165) is 12.0 Å². The largest absolute Gasteiger partial charge is 0.434 e. The summed E-state index contributed by atoms with van der Waals surface area (Å²) in [6.07, 6.45) is 2.16. The van der Waals surface area contributed by atoms with Crippen LogP contribution >= 0.6 is 0 Å². The van der Waals surface area contributed by atoms with E-state index in [1.807, 2.05) is 32.9 Å². The molecular formula is C16H20N4O3. The molecule has 7 nitrogen and oxygen atoms in total. The molecule has 0 saturated carbocycles. The number of aryl methyl sites for hydroxylation is 1. The Morgan fingerprint density at radius 1 is 1.22 bits per heavy atom. The van der Waals surface area contributed by atoms with E-state index < -0.39 is 4.92 Å². The summed E-state index contributed by atoms with van der Waals surface area (Å²) in [5.41, 5.74) is 0.505. The highest BCUT2D eigenvalue weighted by molar-refractivity contribution is 5.62. The van der Waals surface area contributed by atoms with Crippen LogP contribution in [-0.4, -0.2) is 20.4 Å². The fourth-order valence-corrected chi connectivity index (χ4v) is 1.95. The van der Waals surface area contributed by atoms with Gasteiger partial charge in [0, 0.05) is 5.54 Å². The van der Waals surface area contributed by atoms with Crippen molar-refractivity contribution in [3.8, 4) is 11.6 Å². The van der Waals surface area contributed by atoms with Gasteiger partial charge in [0.15, 0.2) is 0 Å². The van der Waals surface area contributed by atoms with Crippen molar-refractivity contribution in [1.82, 2.24) is 9.97 Å². The maximum atomic E-state index is 11.4. The number of anilines is 1. The lowest BCUT2D eigenvalue weighted by Gasteiger charge is -2.21. The van der Waals surface area contributed by atoms with Crippen LogP contribution in [0.15, 0.2) is 30.6 Å². The van der Waals surface area contributed by atoms with Crippen molar-refractivity contribution in [2.24, 2.45) is 0 Å². The molecule has 0 radical (unpaired) electrons. The summed E-state index contributed by atoms with van der Waals surface area (Å²) < 4.78 is 5.59. The summed E-state index contributed by atoms with van der Waals surface area (Å²) >= 11 is 0. The fraction of sp³-hybridized carbons (Fsp3) is 0.375. The smallest absolute Gasteiger partial charge is 0.373 e. The Morgan fingerprint density at radius 3 is 2.39 bits per heavy atom. The minimum absolute atomic E-state index is 0.0824. The van der Waals surface area contributed by atoms with E-state index in [2.05, 4.69) is 22.2 Å². The van der Waals surface area contributed by atoms with Crippen LogP contribution in [-0.2, 0) is 6.42 Å². The van der Waals surface area contributed by atoms with Crippen molar-refractivity contribution in [1.29, 1.82) is 0 Å². The van der Waals surface area contributed by atoms with Gasteiger partial charge in [-0.3, -0.25) is 10.1 Å². The lowest BCUT2D eigenvalue weighted by Crippen LogP contribution is -2.27. The number of benzene rings is 1. The second-order valence-corrected chi connectivity index (χ2v) is 6.11. The second kappa shape index (κ2) is 6.60. The van der Waals surface area contributed by atoms with E-state index in [1.165, 1.54) is 6.33 Å². The van der Waals surface area contributed by atoms with Crippen molar-refractivity contribution < 1.29 is 9.66 Å². The third-order valence-corrected chi connectivity index (χ3v) is 3.01. The molecule has 1 heterocycles. The van der Waals surface area contributed by atoms with E-state index in [-0.39, 0.29) is 22.9 Å². The Balaban J connectivity index is 2.37. The Morgan fingerprint density at radius 2 is 1.87 bits per heavy atom.